The molecule has 5 heteroatoms. The number of aromatic nitrogens is 2. The highest BCUT2D eigenvalue weighted by atomic mass is 79.9. The molecule has 0 bridgehead atoms. The fraction of sp³-hybridized carbons (Fsp3) is 0.231. The van der Waals surface area contributed by atoms with Crippen LogP contribution in [-0.4, -0.2) is 22.2 Å². The molecule has 18 heavy (non-hydrogen) atoms. The average Bonchev–Trinajstić information content (AvgIpc) is 2.83. The lowest BCUT2D eigenvalue weighted by Gasteiger charge is -2.10. The van der Waals surface area contributed by atoms with E-state index in [0.717, 1.165) is 5.56 Å². The van der Waals surface area contributed by atoms with Gasteiger partial charge in [-0.15, -0.1) is 0 Å². The summed E-state index contributed by atoms with van der Waals surface area (Å²) in [5.74, 6) is -0.156. The minimum Gasteiger partial charge on any atom is -0.349 e. The Balaban J connectivity index is 1.90. The zero-order valence-corrected chi connectivity index (χ0v) is 11.6. The van der Waals surface area contributed by atoms with Crippen molar-refractivity contribution < 1.29 is 4.79 Å². The van der Waals surface area contributed by atoms with E-state index in [1.54, 1.807) is 24.0 Å². The van der Waals surface area contributed by atoms with Crippen LogP contribution in [0.1, 0.15) is 20.9 Å². The van der Waals surface area contributed by atoms with E-state index in [1.165, 1.54) is 0 Å². The molecule has 0 saturated heterocycles. The molecular formula is C13H14BrN3O. The molecule has 0 saturated carbocycles. The van der Waals surface area contributed by atoms with E-state index in [9.17, 15) is 4.79 Å². The first kappa shape index (κ1) is 12.8. The van der Waals surface area contributed by atoms with Crippen LogP contribution in [0.25, 0.3) is 0 Å². The SMILES string of the molecule is Cn1ccc(C(=O)NCC(Br)c2ccccc2)n1. The van der Waals surface area contributed by atoms with Crippen LogP contribution in [0.5, 0.6) is 0 Å². The van der Waals surface area contributed by atoms with Gasteiger partial charge in [0.05, 0.1) is 4.83 Å². The zero-order chi connectivity index (χ0) is 13.0. The average molecular weight is 308 g/mol. The molecule has 1 amide bonds. The van der Waals surface area contributed by atoms with Crippen LogP contribution in [0.15, 0.2) is 42.6 Å². The number of halogens is 1. The van der Waals surface area contributed by atoms with Crippen molar-refractivity contribution in [3.8, 4) is 0 Å². The Labute approximate surface area is 114 Å². The van der Waals surface area contributed by atoms with E-state index in [-0.39, 0.29) is 10.7 Å². The molecule has 2 aromatic rings. The number of hydrogen-bond donors (Lipinski definition) is 1. The van der Waals surface area contributed by atoms with E-state index in [1.807, 2.05) is 30.3 Å². The number of aryl methyl sites for hydroxylation is 1. The summed E-state index contributed by atoms with van der Waals surface area (Å²) in [5.41, 5.74) is 1.57. The number of benzene rings is 1. The van der Waals surface area contributed by atoms with Crippen molar-refractivity contribution in [3.05, 3.63) is 53.9 Å². The van der Waals surface area contributed by atoms with Gasteiger partial charge in [-0.25, -0.2) is 0 Å². The maximum atomic E-state index is 11.8. The maximum Gasteiger partial charge on any atom is 0.271 e. The molecule has 2 rings (SSSR count). The van der Waals surface area contributed by atoms with Crippen LogP contribution in [0.2, 0.25) is 0 Å². The molecule has 1 aromatic heterocycles. The summed E-state index contributed by atoms with van der Waals surface area (Å²) in [6.45, 7) is 0.527. The van der Waals surface area contributed by atoms with Gasteiger partial charge >= 0.3 is 0 Å². The minimum absolute atomic E-state index is 0.103. The smallest absolute Gasteiger partial charge is 0.271 e. The monoisotopic (exact) mass is 307 g/mol. The van der Waals surface area contributed by atoms with Crippen molar-refractivity contribution in [2.24, 2.45) is 7.05 Å². The predicted octanol–water partition coefficient (Wildman–Crippen LogP) is 2.29. The molecule has 4 nitrogen and oxygen atoms in total. The highest BCUT2D eigenvalue weighted by molar-refractivity contribution is 9.09. The molecule has 1 aromatic carbocycles. The Morgan fingerprint density at radius 1 is 1.39 bits per heavy atom. The molecule has 1 N–H and O–H groups in total. The number of carbonyl (C=O) groups is 1. The first-order valence-electron chi connectivity index (χ1n) is 5.63. The summed E-state index contributed by atoms with van der Waals surface area (Å²) in [4.78, 5) is 11.9. The Bertz CT molecular complexity index is 524. The lowest BCUT2D eigenvalue weighted by Crippen LogP contribution is -2.27. The molecule has 0 aliphatic rings. The van der Waals surface area contributed by atoms with Gasteiger partial charge in [0, 0.05) is 19.8 Å². The number of nitrogens with one attached hydrogen (secondary N) is 1. The van der Waals surface area contributed by atoms with Gasteiger partial charge in [0.25, 0.3) is 5.91 Å². The van der Waals surface area contributed by atoms with Crippen molar-refractivity contribution in [3.63, 3.8) is 0 Å². The second-order valence-electron chi connectivity index (χ2n) is 3.96. The van der Waals surface area contributed by atoms with Crippen molar-refractivity contribution in [2.75, 3.05) is 6.54 Å². The number of rotatable bonds is 4. The van der Waals surface area contributed by atoms with Gasteiger partial charge in [0.15, 0.2) is 0 Å². The third-order valence-corrected chi connectivity index (χ3v) is 3.40. The summed E-state index contributed by atoms with van der Waals surface area (Å²) in [6, 6.07) is 11.7. The van der Waals surface area contributed by atoms with E-state index in [2.05, 4.69) is 26.3 Å². The number of alkyl halides is 1. The largest absolute Gasteiger partial charge is 0.349 e. The lowest BCUT2D eigenvalue weighted by molar-refractivity contribution is 0.0948. The highest BCUT2D eigenvalue weighted by Crippen LogP contribution is 2.21. The summed E-state index contributed by atoms with van der Waals surface area (Å²) >= 11 is 3.55. The van der Waals surface area contributed by atoms with E-state index in [4.69, 9.17) is 0 Å². The van der Waals surface area contributed by atoms with Crippen LogP contribution in [0.3, 0.4) is 0 Å². The lowest BCUT2D eigenvalue weighted by atomic mass is 10.1. The van der Waals surface area contributed by atoms with Crippen molar-refractivity contribution in [1.29, 1.82) is 0 Å². The van der Waals surface area contributed by atoms with Gasteiger partial charge in [0.1, 0.15) is 5.69 Å². The zero-order valence-electron chi connectivity index (χ0n) is 10.0. The first-order valence-corrected chi connectivity index (χ1v) is 6.55. The standard InChI is InChI=1S/C13H14BrN3O/c1-17-8-7-12(16-17)13(18)15-9-11(14)10-5-3-2-4-6-10/h2-8,11H,9H2,1H3,(H,15,18). The van der Waals surface area contributed by atoms with Crippen LogP contribution in [0.4, 0.5) is 0 Å². The van der Waals surface area contributed by atoms with Gasteiger partial charge in [-0.3, -0.25) is 9.48 Å². The fourth-order valence-electron chi connectivity index (χ4n) is 1.59. The number of carbonyl (C=O) groups excluding carboxylic acids is 1. The van der Waals surface area contributed by atoms with Crippen LogP contribution in [-0.2, 0) is 7.05 Å². The Kier molecular flexibility index (Phi) is 4.15. The van der Waals surface area contributed by atoms with Crippen LogP contribution < -0.4 is 5.32 Å². The third kappa shape index (κ3) is 3.20. The van der Waals surface area contributed by atoms with Crippen LogP contribution >= 0.6 is 15.9 Å². The molecule has 0 aliphatic heterocycles. The quantitative estimate of drug-likeness (QED) is 0.881. The fourth-order valence-corrected chi connectivity index (χ4v) is 2.06. The van der Waals surface area contributed by atoms with E-state index < -0.39 is 0 Å². The first-order chi connectivity index (χ1) is 8.66. The molecule has 0 spiro atoms. The summed E-state index contributed by atoms with van der Waals surface area (Å²) in [5, 5.41) is 6.90. The van der Waals surface area contributed by atoms with Crippen molar-refractivity contribution in [2.45, 2.75) is 4.83 Å². The predicted molar refractivity (Wildman–Crippen MR) is 73.7 cm³/mol. The van der Waals surface area contributed by atoms with Gasteiger partial charge in [-0.1, -0.05) is 46.3 Å². The van der Waals surface area contributed by atoms with E-state index >= 15 is 0 Å². The van der Waals surface area contributed by atoms with Gasteiger partial charge < -0.3 is 5.32 Å². The molecule has 0 aliphatic carbocycles. The minimum atomic E-state index is -0.156. The van der Waals surface area contributed by atoms with Crippen molar-refractivity contribution >= 4 is 21.8 Å². The molecule has 94 valence electrons. The third-order valence-electron chi connectivity index (χ3n) is 2.55. The van der Waals surface area contributed by atoms with E-state index in [0.29, 0.717) is 12.2 Å². The summed E-state index contributed by atoms with van der Waals surface area (Å²) in [6.07, 6.45) is 1.75. The van der Waals surface area contributed by atoms with Gasteiger partial charge in [-0.05, 0) is 11.6 Å². The van der Waals surface area contributed by atoms with Gasteiger partial charge in [0.2, 0.25) is 0 Å². The number of nitrogens with zero attached hydrogens (tertiary/aromatic N) is 2. The van der Waals surface area contributed by atoms with Crippen LogP contribution in [0, 0.1) is 0 Å². The summed E-state index contributed by atoms with van der Waals surface area (Å²) < 4.78 is 1.61. The Morgan fingerprint density at radius 2 is 2.11 bits per heavy atom. The molecule has 1 heterocycles. The number of amides is 1. The molecule has 1 unspecified atom stereocenters. The normalized spacial score (nSPS) is 12.1. The Hall–Kier alpha value is -1.62. The van der Waals surface area contributed by atoms with Gasteiger partial charge in [-0.2, -0.15) is 5.10 Å². The highest BCUT2D eigenvalue weighted by Gasteiger charge is 2.11. The molecule has 0 fully saturated rings. The summed E-state index contributed by atoms with van der Waals surface area (Å²) in [7, 11) is 1.79. The number of hydrogen-bond acceptors (Lipinski definition) is 2. The maximum absolute atomic E-state index is 11.8. The molecule has 0 radical (unpaired) electrons. The second kappa shape index (κ2) is 5.82. The molecular weight excluding hydrogens is 294 g/mol. The molecule has 1 atom stereocenters. The van der Waals surface area contributed by atoms with Crippen molar-refractivity contribution in [1.82, 2.24) is 15.1 Å². The second-order valence-corrected chi connectivity index (χ2v) is 5.07. The topological polar surface area (TPSA) is 46.9 Å². The Morgan fingerprint density at radius 3 is 2.72 bits per heavy atom.